The standard InChI is InChI=1S/C19H23NO3S/c1-2-3-6-11-23-16-10-9-13-7-4-5-8-14(13)17(16)18-20-15(12-24-18)19(21)22/h4-5,7-10,15,18,20H,2-3,6,11-12H2,1H3,(H,21,22). The maximum absolute atomic E-state index is 11.3. The number of unbranched alkanes of at least 4 members (excludes halogenated alkanes) is 2. The molecule has 0 radical (unpaired) electrons. The summed E-state index contributed by atoms with van der Waals surface area (Å²) in [5, 5.41) is 14.7. The molecule has 2 aromatic rings. The molecule has 4 nitrogen and oxygen atoms in total. The lowest BCUT2D eigenvalue weighted by Gasteiger charge is -2.19. The number of hydrogen-bond acceptors (Lipinski definition) is 4. The van der Waals surface area contributed by atoms with Gasteiger partial charge in [-0.2, -0.15) is 0 Å². The molecule has 1 fully saturated rings. The molecule has 1 heterocycles. The molecule has 0 aromatic heterocycles. The third kappa shape index (κ3) is 3.68. The van der Waals surface area contributed by atoms with Crippen LogP contribution in [0.3, 0.4) is 0 Å². The van der Waals surface area contributed by atoms with Gasteiger partial charge in [-0.05, 0) is 23.3 Å². The lowest BCUT2D eigenvalue weighted by Crippen LogP contribution is -2.33. The Kier molecular flexibility index (Phi) is 5.63. The van der Waals surface area contributed by atoms with E-state index in [2.05, 4.69) is 30.4 Å². The number of ether oxygens (including phenoxy) is 1. The Labute approximate surface area is 146 Å². The molecule has 2 aromatic carbocycles. The number of aliphatic carboxylic acids is 1. The minimum absolute atomic E-state index is 0.0571. The van der Waals surface area contributed by atoms with Crippen LogP contribution in [0.25, 0.3) is 10.8 Å². The summed E-state index contributed by atoms with van der Waals surface area (Å²) in [4.78, 5) is 11.3. The molecule has 5 heteroatoms. The van der Waals surface area contributed by atoms with Gasteiger partial charge in [-0.3, -0.25) is 10.1 Å². The summed E-state index contributed by atoms with van der Waals surface area (Å²) in [6.45, 7) is 2.87. The van der Waals surface area contributed by atoms with Crippen molar-refractivity contribution in [3.05, 3.63) is 42.0 Å². The summed E-state index contributed by atoms with van der Waals surface area (Å²) in [5.41, 5.74) is 1.07. The largest absolute Gasteiger partial charge is 0.493 e. The zero-order valence-electron chi connectivity index (χ0n) is 13.8. The van der Waals surface area contributed by atoms with Crippen molar-refractivity contribution in [2.24, 2.45) is 0 Å². The van der Waals surface area contributed by atoms with E-state index < -0.39 is 12.0 Å². The molecule has 2 atom stereocenters. The zero-order valence-corrected chi connectivity index (χ0v) is 14.6. The molecule has 3 rings (SSSR count). The molecule has 0 bridgehead atoms. The Bertz CT molecular complexity index is 719. The number of carboxylic acid groups (broad SMARTS) is 1. The highest BCUT2D eigenvalue weighted by Gasteiger charge is 2.32. The molecule has 0 amide bonds. The van der Waals surface area contributed by atoms with Crippen LogP contribution < -0.4 is 10.1 Å². The van der Waals surface area contributed by atoms with Crippen LogP contribution in [0.5, 0.6) is 5.75 Å². The van der Waals surface area contributed by atoms with Gasteiger partial charge in [0.05, 0.1) is 12.0 Å². The minimum Gasteiger partial charge on any atom is -0.493 e. The van der Waals surface area contributed by atoms with Crippen molar-refractivity contribution in [2.45, 2.75) is 37.6 Å². The van der Waals surface area contributed by atoms with Crippen molar-refractivity contribution >= 4 is 28.5 Å². The van der Waals surface area contributed by atoms with Crippen molar-refractivity contribution in [2.75, 3.05) is 12.4 Å². The van der Waals surface area contributed by atoms with Crippen LogP contribution in [0.15, 0.2) is 36.4 Å². The van der Waals surface area contributed by atoms with Gasteiger partial charge in [0, 0.05) is 11.3 Å². The molecule has 2 unspecified atom stereocenters. The number of rotatable bonds is 7. The van der Waals surface area contributed by atoms with Crippen molar-refractivity contribution in [1.29, 1.82) is 0 Å². The van der Waals surface area contributed by atoms with E-state index in [4.69, 9.17) is 4.74 Å². The Morgan fingerprint density at radius 1 is 1.29 bits per heavy atom. The monoisotopic (exact) mass is 345 g/mol. The molecule has 128 valence electrons. The Morgan fingerprint density at radius 3 is 2.88 bits per heavy atom. The smallest absolute Gasteiger partial charge is 0.321 e. The predicted octanol–water partition coefficient (Wildman–Crippen LogP) is 4.20. The van der Waals surface area contributed by atoms with Crippen LogP contribution in [0.1, 0.15) is 37.1 Å². The number of carboxylic acids is 1. The van der Waals surface area contributed by atoms with E-state index >= 15 is 0 Å². The SMILES string of the molecule is CCCCCOc1ccc2ccccc2c1C1NC(C(=O)O)CS1. The highest BCUT2D eigenvalue weighted by Crippen LogP contribution is 2.41. The average molecular weight is 345 g/mol. The molecule has 1 saturated heterocycles. The second kappa shape index (κ2) is 7.90. The fraction of sp³-hybridized carbons (Fsp3) is 0.421. The highest BCUT2D eigenvalue weighted by atomic mass is 32.2. The van der Waals surface area contributed by atoms with Crippen LogP contribution in [0.4, 0.5) is 0 Å². The lowest BCUT2D eigenvalue weighted by atomic mass is 10.0. The normalized spacial score (nSPS) is 20.4. The molecule has 0 aliphatic carbocycles. The van der Waals surface area contributed by atoms with Gasteiger partial charge in [-0.15, -0.1) is 11.8 Å². The third-order valence-electron chi connectivity index (χ3n) is 4.28. The van der Waals surface area contributed by atoms with E-state index in [1.807, 2.05) is 18.2 Å². The number of carbonyl (C=O) groups is 1. The lowest BCUT2D eigenvalue weighted by molar-refractivity contribution is -0.138. The summed E-state index contributed by atoms with van der Waals surface area (Å²) in [6.07, 6.45) is 3.35. The van der Waals surface area contributed by atoms with Crippen molar-refractivity contribution in [3.8, 4) is 5.75 Å². The molecule has 1 aliphatic heterocycles. The second-order valence-electron chi connectivity index (χ2n) is 6.02. The van der Waals surface area contributed by atoms with Gasteiger partial charge in [0.15, 0.2) is 0 Å². The van der Waals surface area contributed by atoms with Gasteiger partial charge in [0.25, 0.3) is 0 Å². The Morgan fingerprint density at radius 2 is 2.12 bits per heavy atom. The fourth-order valence-electron chi connectivity index (χ4n) is 2.99. The molecule has 2 N–H and O–H groups in total. The summed E-state index contributed by atoms with van der Waals surface area (Å²) in [5.74, 6) is 0.634. The first kappa shape index (κ1) is 17.1. The van der Waals surface area contributed by atoms with Crippen LogP contribution in [0, 0.1) is 0 Å². The van der Waals surface area contributed by atoms with Crippen molar-refractivity contribution in [1.82, 2.24) is 5.32 Å². The maximum atomic E-state index is 11.3. The number of hydrogen-bond donors (Lipinski definition) is 2. The predicted molar refractivity (Wildman–Crippen MR) is 98.7 cm³/mol. The van der Waals surface area contributed by atoms with Gasteiger partial charge >= 0.3 is 5.97 Å². The molecular weight excluding hydrogens is 322 g/mol. The maximum Gasteiger partial charge on any atom is 0.321 e. The number of thioether (sulfide) groups is 1. The molecular formula is C19H23NO3S. The zero-order chi connectivity index (χ0) is 16.9. The average Bonchev–Trinajstić information content (AvgIpc) is 3.08. The first-order valence-electron chi connectivity index (χ1n) is 8.45. The summed E-state index contributed by atoms with van der Waals surface area (Å²) < 4.78 is 6.05. The Hall–Kier alpha value is -1.72. The van der Waals surface area contributed by atoms with Crippen molar-refractivity contribution in [3.63, 3.8) is 0 Å². The van der Waals surface area contributed by atoms with E-state index in [-0.39, 0.29) is 5.37 Å². The third-order valence-corrected chi connectivity index (χ3v) is 5.51. The van der Waals surface area contributed by atoms with Gasteiger partial charge in [0.1, 0.15) is 11.8 Å². The quantitative estimate of drug-likeness (QED) is 0.737. The topological polar surface area (TPSA) is 58.6 Å². The summed E-state index contributed by atoms with van der Waals surface area (Å²) in [6, 6.07) is 11.8. The van der Waals surface area contributed by atoms with E-state index in [9.17, 15) is 9.90 Å². The number of nitrogens with one attached hydrogen (secondary N) is 1. The first-order chi connectivity index (χ1) is 11.7. The molecule has 0 spiro atoms. The fourth-order valence-corrected chi connectivity index (χ4v) is 4.28. The summed E-state index contributed by atoms with van der Waals surface area (Å²) >= 11 is 1.63. The number of fused-ring (bicyclic) bond motifs is 1. The van der Waals surface area contributed by atoms with Crippen LogP contribution in [0.2, 0.25) is 0 Å². The van der Waals surface area contributed by atoms with E-state index in [0.717, 1.165) is 41.3 Å². The van der Waals surface area contributed by atoms with Gasteiger partial charge in [-0.25, -0.2) is 0 Å². The minimum atomic E-state index is -0.796. The van der Waals surface area contributed by atoms with Gasteiger partial charge in [-0.1, -0.05) is 50.1 Å². The van der Waals surface area contributed by atoms with Gasteiger partial charge < -0.3 is 9.84 Å². The second-order valence-corrected chi connectivity index (χ2v) is 7.16. The van der Waals surface area contributed by atoms with E-state index in [1.54, 1.807) is 11.8 Å². The van der Waals surface area contributed by atoms with Gasteiger partial charge in [0.2, 0.25) is 0 Å². The van der Waals surface area contributed by atoms with Crippen LogP contribution >= 0.6 is 11.8 Å². The molecule has 24 heavy (non-hydrogen) atoms. The highest BCUT2D eigenvalue weighted by molar-refractivity contribution is 7.99. The number of benzene rings is 2. The molecule has 0 saturated carbocycles. The summed E-state index contributed by atoms with van der Waals surface area (Å²) in [7, 11) is 0. The Balaban J connectivity index is 1.91. The van der Waals surface area contributed by atoms with Crippen LogP contribution in [-0.4, -0.2) is 29.5 Å². The van der Waals surface area contributed by atoms with Crippen LogP contribution in [-0.2, 0) is 4.79 Å². The van der Waals surface area contributed by atoms with E-state index in [1.165, 1.54) is 0 Å². The van der Waals surface area contributed by atoms with Crippen molar-refractivity contribution < 1.29 is 14.6 Å². The first-order valence-corrected chi connectivity index (χ1v) is 9.50. The molecule has 1 aliphatic rings. The van der Waals surface area contributed by atoms with E-state index in [0.29, 0.717) is 12.4 Å².